The van der Waals surface area contributed by atoms with Crippen molar-refractivity contribution in [2.45, 2.75) is 32.2 Å². The summed E-state index contributed by atoms with van der Waals surface area (Å²) in [4.78, 5) is 8.64. The lowest BCUT2D eigenvalue weighted by atomic mass is 9.67. The quantitative estimate of drug-likeness (QED) is 0.214. The Morgan fingerprint density at radius 1 is 1.19 bits per heavy atom. The molecule has 7 nitrogen and oxygen atoms in total. The number of hydrogen-bond donors (Lipinski definition) is 2. The molecule has 154 valence electrons. The maximum Gasteiger partial charge on any atom is 0.218 e. The van der Waals surface area contributed by atoms with Gasteiger partial charge in [0.25, 0.3) is 0 Å². The Kier molecular flexibility index (Phi) is 11.6. The van der Waals surface area contributed by atoms with Crippen LogP contribution < -0.4 is 15.4 Å². The molecule has 1 saturated carbocycles. The van der Waals surface area contributed by atoms with Gasteiger partial charge in [-0.3, -0.25) is 4.99 Å². The predicted molar refractivity (Wildman–Crippen MR) is 118 cm³/mol. The fraction of sp³-hybridized carbons (Fsp3) is 0.684. The maximum absolute atomic E-state index is 5.68. The van der Waals surface area contributed by atoms with Crippen molar-refractivity contribution in [3.63, 3.8) is 0 Å². The van der Waals surface area contributed by atoms with Gasteiger partial charge in [0.2, 0.25) is 5.88 Å². The standard InChI is InChI=1S/C19H32N4O3.HI/c1-20-18(23-15-19(7-5-8-19)9-11-24-2)22-14-16-6-4-10-21-17(16)26-13-12-25-3;/h4,6,10H,5,7-9,11-15H2,1-3H3,(H2,20,22,23);1H. The number of aliphatic imine (C=N–C) groups is 1. The monoisotopic (exact) mass is 492 g/mol. The van der Waals surface area contributed by atoms with E-state index in [0.717, 1.165) is 31.1 Å². The van der Waals surface area contributed by atoms with Crippen molar-refractivity contribution in [1.82, 2.24) is 15.6 Å². The molecular formula is C19H33IN4O3. The SMILES string of the molecule is CN=C(NCc1cccnc1OCCOC)NCC1(CCOC)CCC1.I. The number of halogens is 1. The largest absolute Gasteiger partial charge is 0.475 e. The van der Waals surface area contributed by atoms with Crippen LogP contribution in [-0.4, -0.2) is 58.6 Å². The third-order valence-electron chi connectivity index (χ3n) is 4.93. The molecule has 0 saturated heterocycles. The van der Waals surface area contributed by atoms with Gasteiger partial charge in [0.05, 0.1) is 6.61 Å². The van der Waals surface area contributed by atoms with Crippen LogP contribution >= 0.6 is 24.0 Å². The summed E-state index contributed by atoms with van der Waals surface area (Å²) in [6.45, 7) is 3.35. The number of hydrogen-bond acceptors (Lipinski definition) is 5. The van der Waals surface area contributed by atoms with Gasteiger partial charge < -0.3 is 24.8 Å². The number of methoxy groups -OCH3 is 2. The van der Waals surface area contributed by atoms with Crippen LogP contribution in [0.1, 0.15) is 31.2 Å². The van der Waals surface area contributed by atoms with Crippen molar-refractivity contribution in [2.24, 2.45) is 10.4 Å². The molecule has 0 spiro atoms. The van der Waals surface area contributed by atoms with Crippen LogP contribution in [0.2, 0.25) is 0 Å². The zero-order chi connectivity index (χ0) is 18.7. The Bertz CT molecular complexity index is 568. The van der Waals surface area contributed by atoms with Crippen LogP contribution in [0.5, 0.6) is 5.88 Å². The average molecular weight is 492 g/mol. The lowest BCUT2D eigenvalue weighted by molar-refractivity contribution is 0.0732. The molecule has 0 bridgehead atoms. The van der Waals surface area contributed by atoms with Crippen molar-refractivity contribution in [2.75, 3.05) is 47.6 Å². The van der Waals surface area contributed by atoms with E-state index in [2.05, 4.69) is 20.6 Å². The summed E-state index contributed by atoms with van der Waals surface area (Å²) in [7, 11) is 5.21. The topological polar surface area (TPSA) is 77.0 Å². The van der Waals surface area contributed by atoms with E-state index in [4.69, 9.17) is 14.2 Å². The molecule has 0 unspecified atom stereocenters. The van der Waals surface area contributed by atoms with E-state index >= 15 is 0 Å². The van der Waals surface area contributed by atoms with Gasteiger partial charge in [0.15, 0.2) is 5.96 Å². The predicted octanol–water partition coefficient (Wildman–Crippen LogP) is 2.60. The molecule has 1 aliphatic carbocycles. The molecule has 2 rings (SSSR count). The van der Waals surface area contributed by atoms with E-state index in [1.54, 1.807) is 27.5 Å². The number of rotatable bonds is 11. The van der Waals surface area contributed by atoms with Crippen LogP contribution in [0.4, 0.5) is 0 Å². The van der Waals surface area contributed by atoms with Crippen molar-refractivity contribution in [3.8, 4) is 5.88 Å². The van der Waals surface area contributed by atoms with Crippen LogP contribution in [0.25, 0.3) is 0 Å². The van der Waals surface area contributed by atoms with Crippen LogP contribution in [0, 0.1) is 5.41 Å². The summed E-state index contributed by atoms with van der Waals surface area (Å²) in [5, 5.41) is 6.81. The smallest absolute Gasteiger partial charge is 0.218 e. The Hall–Kier alpha value is -1.13. The number of pyridine rings is 1. The zero-order valence-corrected chi connectivity index (χ0v) is 19.0. The van der Waals surface area contributed by atoms with E-state index in [9.17, 15) is 0 Å². The van der Waals surface area contributed by atoms with Crippen LogP contribution in [-0.2, 0) is 16.0 Å². The van der Waals surface area contributed by atoms with Crippen molar-refractivity contribution in [1.29, 1.82) is 0 Å². The van der Waals surface area contributed by atoms with Gasteiger partial charge in [-0.2, -0.15) is 0 Å². The molecule has 8 heteroatoms. The first-order valence-corrected chi connectivity index (χ1v) is 9.22. The molecule has 1 heterocycles. The highest BCUT2D eigenvalue weighted by Gasteiger charge is 2.36. The summed E-state index contributed by atoms with van der Waals surface area (Å²) in [6.07, 6.45) is 6.62. The van der Waals surface area contributed by atoms with E-state index < -0.39 is 0 Å². The zero-order valence-electron chi connectivity index (χ0n) is 16.6. The number of aromatic nitrogens is 1. The molecule has 0 radical (unpaired) electrons. The van der Waals surface area contributed by atoms with E-state index in [1.807, 2.05) is 12.1 Å². The Morgan fingerprint density at radius 2 is 1.96 bits per heavy atom. The van der Waals surface area contributed by atoms with Crippen LogP contribution in [0.15, 0.2) is 23.3 Å². The first-order chi connectivity index (χ1) is 12.7. The fourth-order valence-corrected chi connectivity index (χ4v) is 3.09. The highest BCUT2D eigenvalue weighted by Crippen LogP contribution is 2.43. The third kappa shape index (κ3) is 7.79. The van der Waals surface area contributed by atoms with E-state index in [0.29, 0.717) is 31.1 Å². The third-order valence-corrected chi connectivity index (χ3v) is 4.93. The van der Waals surface area contributed by atoms with Gasteiger partial charge in [-0.1, -0.05) is 12.5 Å². The molecule has 0 amide bonds. The molecule has 1 aromatic rings. The Balaban J connectivity index is 0.00000364. The molecule has 1 aromatic heterocycles. The second-order valence-electron chi connectivity index (χ2n) is 6.68. The molecule has 0 aromatic carbocycles. The number of nitrogens with zero attached hydrogens (tertiary/aromatic N) is 2. The lowest BCUT2D eigenvalue weighted by Crippen LogP contribution is -2.46. The molecule has 1 fully saturated rings. The lowest BCUT2D eigenvalue weighted by Gasteiger charge is -2.42. The molecule has 0 atom stereocenters. The van der Waals surface area contributed by atoms with Crippen molar-refractivity contribution >= 4 is 29.9 Å². The average Bonchev–Trinajstić information content (AvgIpc) is 2.64. The van der Waals surface area contributed by atoms with Crippen molar-refractivity contribution in [3.05, 3.63) is 23.9 Å². The molecule has 1 aliphatic rings. The molecule has 0 aliphatic heterocycles. The minimum Gasteiger partial charge on any atom is -0.475 e. The normalized spacial score (nSPS) is 15.4. The fourth-order valence-electron chi connectivity index (χ4n) is 3.09. The van der Waals surface area contributed by atoms with Gasteiger partial charge in [-0.05, 0) is 30.7 Å². The summed E-state index contributed by atoms with van der Waals surface area (Å²) in [5.41, 5.74) is 1.33. The van der Waals surface area contributed by atoms with Gasteiger partial charge in [0, 0.05) is 52.7 Å². The molecule has 27 heavy (non-hydrogen) atoms. The van der Waals surface area contributed by atoms with E-state index in [-0.39, 0.29) is 24.0 Å². The van der Waals surface area contributed by atoms with Gasteiger partial charge >= 0.3 is 0 Å². The number of guanidine groups is 1. The van der Waals surface area contributed by atoms with Gasteiger partial charge in [-0.25, -0.2) is 4.98 Å². The first kappa shape index (κ1) is 23.9. The Labute approximate surface area is 179 Å². The van der Waals surface area contributed by atoms with Crippen molar-refractivity contribution < 1.29 is 14.2 Å². The van der Waals surface area contributed by atoms with E-state index in [1.165, 1.54) is 19.3 Å². The summed E-state index contributed by atoms with van der Waals surface area (Å²) in [5.74, 6) is 1.42. The summed E-state index contributed by atoms with van der Waals surface area (Å²) >= 11 is 0. The minimum absolute atomic E-state index is 0. The van der Waals surface area contributed by atoms with Gasteiger partial charge in [-0.15, -0.1) is 24.0 Å². The minimum atomic E-state index is 0. The summed E-state index contributed by atoms with van der Waals surface area (Å²) in [6, 6.07) is 3.91. The second-order valence-corrected chi connectivity index (χ2v) is 6.68. The Morgan fingerprint density at radius 3 is 2.59 bits per heavy atom. The highest BCUT2D eigenvalue weighted by atomic mass is 127. The van der Waals surface area contributed by atoms with Crippen LogP contribution in [0.3, 0.4) is 0 Å². The molecular weight excluding hydrogens is 459 g/mol. The second kappa shape index (κ2) is 13.1. The number of nitrogens with one attached hydrogen (secondary N) is 2. The summed E-state index contributed by atoms with van der Waals surface area (Å²) < 4.78 is 16.0. The highest BCUT2D eigenvalue weighted by molar-refractivity contribution is 14.0. The maximum atomic E-state index is 5.68. The van der Waals surface area contributed by atoms with Gasteiger partial charge in [0.1, 0.15) is 6.61 Å². The molecule has 2 N–H and O–H groups in total. The first-order valence-electron chi connectivity index (χ1n) is 9.22. The number of ether oxygens (including phenoxy) is 3.